The molecule has 29 heavy (non-hydrogen) atoms. The summed E-state index contributed by atoms with van der Waals surface area (Å²) < 4.78 is 41.3. The topological polar surface area (TPSA) is 68.3 Å². The first-order valence-electron chi connectivity index (χ1n) is 8.70. The summed E-state index contributed by atoms with van der Waals surface area (Å²) in [5.41, 5.74) is -1.98. The highest BCUT2D eigenvalue weighted by Crippen LogP contribution is 2.40. The Morgan fingerprint density at radius 2 is 1.83 bits per heavy atom. The van der Waals surface area contributed by atoms with Gasteiger partial charge in [-0.1, -0.05) is 30.3 Å². The molecule has 1 unspecified atom stereocenters. The predicted molar refractivity (Wildman–Crippen MR) is 107 cm³/mol. The largest absolute Gasteiger partial charge is 0.423 e. The Morgan fingerprint density at radius 3 is 2.41 bits per heavy atom. The molecule has 1 atom stereocenters. The normalized spacial score (nSPS) is 14.1. The van der Waals surface area contributed by atoms with E-state index in [1.165, 1.54) is 22.4 Å². The Labute approximate surface area is 169 Å². The van der Waals surface area contributed by atoms with Crippen LogP contribution in [0.5, 0.6) is 0 Å². The minimum Gasteiger partial charge on any atom is -0.383 e. The van der Waals surface area contributed by atoms with E-state index in [1.807, 2.05) is 30.3 Å². The number of nitro benzene ring substituents is 1. The summed E-state index contributed by atoms with van der Waals surface area (Å²) in [6.07, 6.45) is -4.85. The molecule has 0 aliphatic carbocycles. The Balaban J connectivity index is 1.94. The quantitative estimate of drug-likeness (QED) is 0.434. The number of nitro groups is 1. The summed E-state index contributed by atoms with van der Waals surface area (Å²) in [6.45, 7) is 1.58. The lowest BCUT2D eigenvalue weighted by Gasteiger charge is -2.24. The number of alkyl halides is 3. The van der Waals surface area contributed by atoms with E-state index in [0.717, 1.165) is 17.7 Å². The molecule has 0 fully saturated rings. The van der Waals surface area contributed by atoms with E-state index in [9.17, 15) is 28.4 Å². The number of hydrogen-bond acceptors (Lipinski definition) is 4. The van der Waals surface area contributed by atoms with Crippen LogP contribution in [0.2, 0.25) is 0 Å². The van der Waals surface area contributed by atoms with E-state index in [0.29, 0.717) is 17.2 Å². The molecule has 0 saturated heterocycles. The first-order valence-corrected chi connectivity index (χ1v) is 9.86. The maximum absolute atomic E-state index is 13.3. The van der Waals surface area contributed by atoms with Crippen LogP contribution >= 0.6 is 11.8 Å². The van der Waals surface area contributed by atoms with E-state index in [2.05, 4.69) is 0 Å². The summed E-state index contributed by atoms with van der Waals surface area (Å²) in [4.78, 5) is 10.1. The van der Waals surface area contributed by atoms with Gasteiger partial charge in [-0.05, 0) is 24.6 Å². The van der Waals surface area contributed by atoms with Gasteiger partial charge in [0.15, 0.2) is 0 Å². The molecular formula is C20H19F3N2O3S. The predicted octanol–water partition coefficient (Wildman–Crippen LogP) is 5.25. The van der Waals surface area contributed by atoms with Crippen LogP contribution in [-0.4, -0.2) is 20.3 Å². The van der Waals surface area contributed by atoms with Gasteiger partial charge in [-0.2, -0.15) is 24.9 Å². The van der Waals surface area contributed by atoms with Crippen LogP contribution in [-0.2, 0) is 24.6 Å². The number of nitrogens with zero attached hydrogens (tertiary/aromatic N) is 2. The van der Waals surface area contributed by atoms with Crippen molar-refractivity contribution in [3.63, 3.8) is 0 Å². The molecule has 3 aromatic rings. The summed E-state index contributed by atoms with van der Waals surface area (Å²) in [5.74, 6) is 0.977. The molecule has 1 N–H and O–H groups in total. The summed E-state index contributed by atoms with van der Waals surface area (Å²) in [6, 6.07) is 12.9. The highest BCUT2D eigenvalue weighted by atomic mass is 32.2. The monoisotopic (exact) mass is 424 g/mol. The lowest BCUT2D eigenvalue weighted by molar-refractivity contribution is -0.387. The number of aliphatic hydroxyl groups is 1. The molecule has 0 aliphatic heterocycles. The van der Waals surface area contributed by atoms with E-state index < -0.39 is 28.0 Å². The molecule has 0 aliphatic rings. The van der Waals surface area contributed by atoms with Crippen LogP contribution in [0.15, 0.2) is 48.5 Å². The second-order valence-electron chi connectivity index (χ2n) is 7.02. The molecular weight excluding hydrogens is 405 g/mol. The Kier molecular flexibility index (Phi) is 5.64. The van der Waals surface area contributed by atoms with Crippen molar-refractivity contribution >= 4 is 28.4 Å². The standard InChI is InChI=1S/C20H19F3N2O3S/c1-19(26,12-29-11-13-6-4-3-5-7-13)18-9-14-8-17(25(27)28)15(20(21,22)23)10-16(14)24(18)2/h3-10,26H,11-12H2,1-2H3. The lowest BCUT2D eigenvalue weighted by Crippen LogP contribution is -2.27. The van der Waals surface area contributed by atoms with Crippen LogP contribution in [0.25, 0.3) is 10.9 Å². The maximum atomic E-state index is 13.3. The molecule has 2 aromatic carbocycles. The molecule has 0 amide bonds. The first kappa shape index (κ1) is 21.2. The van der Waals surface area contributed by atoms with E-state index in [1.54, 1.807) is 14.0 Å². The van der Waals surface area contributed by atoms with Crippen LogP contribution < -0.4 is 0 Å². The Hall–Kier alpha value is -2.52. The number of hydrogen-bond donors (Lipinski definition) is 1. The summed E-state index contributed by atoms with van der Waals surface area (Å²) in [7, 11) is 1.54. The van der Waals surface area contributed by atoms with Gasteiger partial charge >= 0.3 is 6.18 Å². The number of fused-ring (bicyclic) bond motifs is 1. The van der Waals surface area contributed by atoms with Crippen molar-refractivity contribution in [2.24, 2.45) is 7.05 Å². The third kappa shape index (κ3) is 4.40. The van der Waals surface area contributed by atoms with Crippen molar-refractivity contribution in [1.29, 1.82) is 0 Å². The van der Waals surface area contributed by atoms with Crippen molar-refractivity contribution in [3.8, 4) is 0 Å². The highest BCUT2D eigenvalue weighted by Gasteiger charge is 2.39. The van der Waals surface area contributed by atoms with E-state index in [-0.39, 0.29) is 10.9 Å². The number of halogens is 3. The molecule has 3 rings (SSSR count). The fraction of sp³-hybridized carbons (Fsp3) is 0.300. The number of aryl methyl sites for hydroxylation is 1. The molecule has 154 valence electrons. The van der Waals surface area contributed by atoms with Crippen molar-refractivity contribution in [2.75, 3.05) is 5.75 Å². The second-order valence-corrected chi connectivity index (χ2v) is 8.01. The van der Waals surface area contributed by atoms with Gasteiger partial charge in [0.2, 0.25) is 0 Å². The van der Waals surface area contributed by atoms with Crippen molar-refractivity contribution in [1.82, 2.24) is 4.57 Å². The van der Waals surface area contributed by atoms with Crippen molar-refractivity contribution in [2.45, 2.75) is 24.5 Å². The summed E-state index contributed by atoms with van der Waals surface area (Å²) >= 11 is 1.49. The molecule has 1 heterocycles. The number of benzene rings is 2. The van der Waals surface area contributed by atoms with E-state index >= 15 is 0 Å². The fourth-order valence-electron chi connectivity index (χ4n) is 3.28. The van der Waals surface area contributed by atoms with Crippen molar-refractivity contribution < 1.29 is 23.2 Å². The van der Waals surface area contributed by atoms with Gasteiger partial charge in [-0.3, -0.25) is 10.1 Å². The minimum absolute atomic E-state index is 0.172. The molecule has 0 radical (unpaired) electrons. The fourth-order valence-corrected chi connectivity index (χ4v) is 4.36. The van der Waals surface area contributed by atoms with Gasteiger partial charge in [0.25, 0.3) is 5.69 Å². The van der Waals surface area contributed by atoms with Gasteiger partial charge in [0.1, 0.15) is 11.2 Å². The average Bonchev–Trinajstić information content (AvgIpc) is 2.98. The number of rotatable bonds is 6. The Morgan fingerprint density at radius 1 is 1.17 bits per heavy atom. The third-order valence-corrected chi connectivity index (χ3v) is 6.01. The highest BCUT2D eigenvalue weighted by molar-refractivity contribution is 7.98. The van der Waals surface area contributed by atoms with Gasteiger partial charge in [0, 0.05) is 35.5 Å². The summed E-state index contributed by atoms with van der Waals surface area (Å²) in [5, 5.41) is 22.4. The molecule has 5 nitrogen and oxygen atoms in total. The SMILES string of the molecule is Cn1c(C(C)(O)CSCc2ccccc2)cc2cc([N+](=O)[O-])c(C(F)(F)F)cc21. The second kappa shape index (κ2) is 7.72. The first-order chi connectivity index (χ1) is 13.5. The zero-order chi connectivity index (χ0) is 21.4. The Bertz CT molecular complexity index is 1050. The molecule has 1 aromatic heterocycles. The smallest absolute Gasteiger partial charge is 0.383 e. The molecule has 0 saturated carbocycles. The van der Waals surface area contributed by atoms with Gasteiger partial charge in [-0.15, -0.1) is 0 Å². The zero-order valence-electron chi connectivity index (χ0n) is 15.7. The third-order valence-electron chi connectivity index (χ3n) is 4.71. The van der Waals surface area contributed by atoms with Crippen LogP contribution in [0.3, 0.4) is 0 Å². The van der Waals surface area contributed by atoms with E-state index in [4.69, 9.17) is 0 Å². The maximum Gasteiger partial charge on any atom is 0.423 e. The number of thioether (sulfide) groups is 1. The molecule has 9 heteroatoms. The minimum atomic E-state index is -4.85. The molecule has 0 spiro atoms. The van der Waals surface area contributed by atoms with Crippen LogP contribution in [0.1, 0.15) is 23.7 Å². The van der Waals surface area contributed by atoms with Gasteiger partial charge in [0.05, 0.1) is 10.6 Å². The van der Waals surface area contributed by atoms with Gasteiger partial charge in [-0.25, -0.2) is 0 Å². The number of aromatic nitrogens is 1. The lowest BCUT2D eigenvalue weighted by atomic mass is 10.0. The average molecular weight is 424 g/mol. The zero-order valence-corrected chi connectivity index (χ0v) is 16.5. The van der Waals surface area contributed by atoms with Crippen LogP contribution in [0, 0.1) is 10.1 Å². The van der Waals surface area contributed by atoms with Crippen LogP contribution in [0.4, 0.5) is 18.9 Å². The van der Waals surface area contributed by atoms with Crippen molar-refractivity contribution in [3.05, 3.63) is 75.5 Å². The molecule has 0 bridgehead atoms. The van der Waals surface area contributed by atoms with Gasteiger partial charge < -0.3 is 9.67 Å².